The third kappa shape index (κ3) is 7.17. The highest BCUT2D eigenvalue weighted by atomic mass is 32.2. The summed E-state index contributed by atoms with van der Waals surface area (Å²) in [5.74, 6) is -0.302. The molecule has 0 atom stereocenters. The predicted molar refractivity (Wildman–Crippen MR) is 126 cm³/mol. The molecule has 0 radical (unpaired) electrons. The average Bonchev–Trinajstić information content (AvgIpc) is 3.32. The van der Waals surface area contributed by atoms with E-state index in [1.54, 1.807) is 49.1 Å². The second-order valence-corrected chi connectivity index (χ2v) is 9.41. The molecule has 0 bridgehead atoms. The van der Waals surface area contributed by atoms with Crippen LogP contribution in [-0.2, 0) is 37.5 Å². The molecule has 2 aromatic carbocycles. The van der Waals surface area contributed by atoms with Gasteiger partial charge in [0.1, 0.15) is 23.0 Å². The first kappa shape index (κ1) is 26.0. The van der Waals surface area contributed by atoms with Crippen molar-refractivity contribution in [3.63, 3.8) is 0 Å². The molecule has 0 spiro atoms. The number of esters is 1. The van der Waals surface area contributed by atoms with Crippen LogP contribution < -0.4 is 4.18 Å². The summed E-state index contributed by atoms with van der Waals surface area (Å²) in [6, 6.07) is 15.5. The van der Waals surface area contributed by atoms with Gasteiger partial charge in [0.05, 0.1) is 24.5 Å². The van der Waals surface area contributed by atoms with Crippen LogP contribution >= 0.6 is 0 Å². The SMILES string of the molecule is COCC(=O)N(Cc1ccc(OS(=O)(=O)c2ccccc2C(=O)OC(C)C)cc1)Cc1ccco1. The second kappa shape index (κ2) is 11.7. The number of carbonyl (C=O) groups is 2. The molecule has 0 aliphatic carbocycles. The molecule has 0 N–H and O–H groups in total. The molecule has 0 saturated heterocycles. The molecule has 0 fully saturated rings. The minimum Gasteiger partial charge on any atom is -0.467 e. The molecule has 186 valence electrons. The molecule has 0 saturated carbocycles. The fraction of sp³-hybridized carbons (Fsp3) is 0.280. The summed E-state index contributed by atoms with van der Waals surface area (Å²) in [5, 5.41) is 0. The van der Waals surface area contributed by atoms with Crippen LogP contribution in [0.5, 0.6) is 5.75 Å². The zero-order valence-corrected chi connectivity index (χ0v) is 20.5. The molecule has 0 aliphatic heterocycles. The summed E-state index contributed by atoms with van der Waals surface area (Å²) in [6.07, 6.45) is 1.12. The van der Waals surface area contributed by atoms with Crippen LogP contribution in [0.2, 0.25) is 0 Å². The van der Waals surface area contributed by atoms with Gasteiger partial charge >= 0.3 is 16.1 Å². The maximum atomic E-state index is 12.9. The smallest absolute Gasteiger partial charge is 0.340 e. The van der Waals surface area contributed by atoms with E-state index in [1.165, 1.54) is 43.7 Å². The third-order valence-corrected chi connectivity index (χ3v) is 6.08. The summed E-state index contributed by atoms with van der Waals surface area (Å²) >= 11 is 0. The summed E-state index contributed by atoms with van der Waals surface area (Å²) < 4.78 is 46.5. The summed E-state index contributed by atoms with van der Waals surface area (Å²) in [5.41, 5.74) is 0.634. The van der Waals surface area contributed by atoms with Crippen molar-refractivity contribution in [1.29, 1.82) is 0 Å². The van der Waals surface area contributed by atoms with E-state index in [4.69, 9.17) is 18.1 Å². The Hall–Kier alpha value is -3.63. The van der Waals surface area contributed by atoms with Crippen molar-refractivity contribution < 1.29 is 36.1 Å². The third-order valence-electron chi connectivity index (χ3n) is 4.77. The Bertz CT molecular complexity index is 1230. The molecule has 0 aliphatic rings. The monoisotopic (exact) mass is 501 g/mol. The highest BCUT2D eigenvalue weighted by Gasteiger charge is 2.25. The summed E-state index contributed by atoms with van der Waals surface area (Å²) in [6.45, 7) is 3.76. The predicted octanol–water partition coefficient (Wildman–Crippen LogP) is 3.79. The van der Waals surface area contributed by atoms with E-state index < -0.39 is 22.2 Å². The van der Waals surface area contributed by atoms with Crippen LogP contribution in [0.15, 0.2) is 76.2 Å². The Balaban J connectivity index is 1.75. The fourth-order valence-corrected chi connectivity index (χ4v) is 4.33. The number of carbonyl (C=O) groups excluding carboxylic acids is 2. The molecule has 35 heavy (non-hydrogen) atoms. The maximum absolute atomic E-state index is 12.9. The van der Waals surface area contributed by atoms with Crippen LogP contribution in [0.4, 0.5) is 0 Å². The van der Waals surface area contributed by atoms with Crippen molar-refractivity contribution in [2.45, 2.75) is 37.9 Å². The number of rotatable bonds is 11. The second-order valence-electron chi connectivity index (χ2n) is 7.89. The number of hydrogen-bond donors (Lipinski definition) is 0. The minimum absolute atomic E-state index is 0.0570. The van der Waals surface area contributed by atoms with Gasteiger partial charge < -0.3 is 23.0 Å². The van der Waals surface area contributed by atoms with E-state index in [9.17, 15) is 18.0 Å². The van der Waals surface area contributed by atoms with Crippen LogP contribution in [0, 0.1) is 0 Å². The number of amides is 1. The van der Waals surface area contributed by atoms with Gasteiger partial charge in [0.2, 0.25) is 5.91 Å². The Kier molecular flexibility index (Phi) is 8.67. The lowest BCUT2D eigenvalue weighted by molar-refractivity contribution is -0.136. The van der Waals surface area contributed by atoms with Gasteiger partial charge in [0.15, 0.2) is 0 Å². The largest absolute Gasteiger partial charge is 0.467 e. The molecule has 0 unspecified atom stereocenters. The first-order valence-corrected chi connectivity index (χ1v) is 12.2. The van der Waals surface area contributed by atoms with Gasteiger partial charge in [0.25, 0.3) is 0 Å². The van der Waals surface area contributed by atoms with Gasteiger partial charge in [-0.15, -0.1) is 0 Å². The molecule has 1 amide bonds. The van der Waals surface area contributed by atoms with Crippen LogP contribution in [-0.4, -0.2) is 45.0 Å². The number of ether oxygens (including phenoxy) is 2. The van der Waals surface area contributed by atoms with E-state index in [1.807, 2.05) is 0 Å². The summed E-state index contributed by atoms with van der Waals surface area (Å²) in [4.78, 5) is 26.1. The van der Waals surface area contributed by atoms with E-state index in [-0.39, 0.29) is 41.8 Å². The van der Waals surface area contributed by atoms with Crippen molar-refractivity contribution in [3.05, 3.63) is 83.8 Å². The molecule has 3 rings (SSSR count). The fourth-order valence-electron chi connectivity index (χ4n) is 3.21. The number of hydrogen-bond acceptors (Lipinski definition) is 8. The quantitative estimate of drug-likeness (QED) is 0.288. The average molecular weight is 502 g/mol. The highest BCUT2D eigenvalue weighted by molar-refractivity contribution is 7.87. The lowest BCUT2D eigenvalue weighted by Crippen LogP contribution is -2.32. The number of benzene rings is 2. The zero-order chi connectivity index (χ0) is 25.4. The first-order chi connectivity index (χ1) is 16.7. The zero-order valence-electron chi connectivity index (χ0n) is 19.7. The molecule has 9 nitrogen and oxygen atoms in total. The van der Waals surface area contributed by atoms with Crippen LogP contribution in [0.25, 0.3) is 0 Å². The Morgan fingerprint density at radius 2 is 1.69 bits per heavy atom. The van der Waals surface area contributed by atoms with E-state index in [0.717, 1.165) is 5.56 Å². The number of furan rings is 1. The van der Waals surface area contributed by atoms with Crippen LogP contribution in [0.1, 0.15) is 35.5 Å². The highest BCUT2D eigenvalue weighted by Crippen LogP contribution is 2.23. The normalized spacial score (nSPS) is 11.3. The van der Waals surface area contributed by atoms with Crippen molar-refractivity contribution in [2.75, 3.05) is 13.7 Å². The topological polar surface area (TPSA) is 112 Å². The maximum Gasteiger partial charge on any atom is 0.340 e. The number of methoxy groups -OCH3 is 1. The standard InChI is InChI=1S/C25H27NO8S/c1-18(2)33-25(28)22-8-4-5-9-23(22)35(29,30)34-20-12-10-19(11-13-20)15-26(24(27)17-31-3)16-21-7-6-14-32-21/h4-14,18H,15-17H2,1-3H3. The first-order valence-electron chi connectivity index (χ1n) is 10.8. The van der Waals surface area contributed by atoms with Crippen molar-refractivity contribution >= 4 is 22.0 Å². The van der Waals surface area contributed by atoms with Gasteiger partial charge in [-0.2, -0.15) is 8.42 Å². The van der Waals surface area contributed by atoms with Crippen molar-refractivity contribution in [1.82, 2.24) is 4.90 Å². The van der Waals surface area contributed by atoms with Gasteiger partial charge in [0, 0.05) is 13.7 Å². The molecular formula is C25H27NO8S. The minimum atomic E-state index is -4.31. The molecule has 3 aromatic rings. The lowest BCUT2D eigenvalue weighted by Gasteiger charge is -2.21. The Morgan fingerprint density at radius 3 is 2.31 bits per heavy atom. The van der Waals surface area contributed by atoms with E-state index in [2.05, 4.69) is 0 Å². The lowest BCUT2D eigenvalue weighted by atomic mass is 10.2. The molecule has 1 aromatic heterocycles. The molecular weight excluding hydrogens is 474 g/mol. The number of nitrogens with zero attached hydrogens (tertiary/aromatic N) is 1. The van der Waals surface area contributed by atoms with E-state index in [0.29, 0.717) is 5.76 Å². The molecule has 1 heterocycles. The Labute approximate surface area is 204 Å². The van der Waals surface area contributed by atoms with Gasteiger partial charge in [-0.05, 0) is 55.8 Å². The summed E-state index contributed by atoms with van der Waals surface area (Å²) in [7, 11) is -2.87. The van der Waals surface area contributed by atoms with Gasteiger partial charge in [-0.3, -0.25) is 4.79 Å². The Morgan fingerprint density at radius 1 is 0.971 bits per heavy atom. The van der Waals surface area contributed by atoms with E-state index >= 15 is 0 Å². The van der Waals surface area contributed by atoms with Gasteiger partial charge in [-0.25, -0.2) is 4.79 Å². The van der Waals surface area contributed by atoms with Crippen molar-refractivity contribution in [2.24, 2.45) is 0 Å². The molecule has 10 heteroatoms. The van der Waals surface area contributed by atoms with Crippen LogP contribution in [0.3, 0.4) is 0 Å². The van der Waals surface area contributed by atoms with Crippen molar-refractivity contribution in [3.8, 4) is 5.75 Å². The van der Waals surface area contributed by atoms with Gasteiger partial charge in [-0.1, -0.05) is 24.3 Å².